The first-order valence-electron chi connectivity index (χ1n) is 14.4. The molecule has 40 heavy (non-hydrogen) atoms. The van der Waals surface area contributed by atoms with Gasteiger partial charge in [0.15, 0.2) is 0 Å². The fourth-order valence-corrected chi connectivity index (χ4v) is 6.05. The summed E-state index contributed by atoms with van der Waals surface area (Å²) in [6.45, 7) is 10.4. The number of esters is 2. The zero-order valence-corrected chi connectivity index (χ0v) is 25.5. The number of amides is 2. The number of fused-ring (bicyclic) bond motifs is 1. The maximum Gasteiger partial charge on any atom is 0.341 e. The molecule has 2 N–H and O–H groups in total. The van der Waals surface area contributed by atoms with Crippen LogP contribution in [0.15, 0.2) is 11.6 Å². The summed E-state index contributed by atoms with van der Waals surface area (Å²) in [6.07, 6.45) is 7.09. The van der Waals surface area contributed by atoms with Gasteiger partial charge in [0.05, 0.1) is 18.4 Å². The van der Waals surface area contributed by atoms with Gasteiger partial charge in [-0.1, -0.05) is 38.3 Å². The molecule has 1 aromatic rings. The van der Waals surface area contributed by atoms with Gasteiger partial charge in [-0.05, 0) is 45.1 Å². The van der Waals surface area contributed by atoms with Crippen molar-refractivity contribution in [2.24, 2.45) is 0 Å². The molecule has 9 nitrogen and oxygen atoms in total. The standard InChI is InChI=1S/C30H45N3O6S/c1-6-8-9-22(7-2)31-30(36)32-27-23(28(37-5)21(4)24-18-39-29(35)26(24)27)12-10-20(3)11-13-25(34)38-16-14-33-15-17-40-19-33/h10,22H,6-9,11-19H2,1-5H3,(H2,31,32,36)/b20-10+. The van der Waals surface area contributed by atoms with Crippen molar-refractivity contribution in [3.05, 3.63) is 33.9 Å². The van der Waals surface area contributed by atoms with E-state index < -0.39 is 5.97 Å². The third kappa shape index (κ3) is 8.64. The lowest BCUT2D eigenvalue weighted by atomic mass is 9.93. The molecule has 2 aliphatic heterocycles. The highest BCUT2D eigenvalue weighted by Gasteiger charge is 2.33. The Kier molecular flexibility index (Phi) is 12.6. The van der Waals surface area contributed by atoms with Crippen molar-refractivity contribution in [3.63, 3.8) is 0 Å². The van der Waals surface area contributed by atoms with E-state index >= 15 is 0 Å². The van der Waals surface area contributed by atoms with Crippen LogP contribution in [0.4, 0.5) is 10.5 Å². The second-order valence-corrected chi connectivity index (χ2v) is 11.5. The highest BCUT2D eigenvalue weighted by atomic mass is 32.2. The first-order chi connectivity index (χ1) is 19.3. The lowest BCUT2D eigenvalue weighted by Gasteiger charge is -2.22. The molecule has 0 saturated carbocycles. The Morgan fingerprint density at radius 1 is 1.25 bits per heavy atom. The van der Waals surface area contributed by atoms with Gasteiger partial charge in [-0.15, -0.1) is 11.8 Å². The fraction of sp³-hybridized carbons (Fsp3) is 0.633. The van der Waals surface area contributed by atoms with E-state index in [4.69, 9.17) is 14.2 Å². The lowest BCUT2D eigenvalue weighted by Crippen LogP contribution is -2.38. The number of rotatable bonds is 15. The van der Waals surface area contributed by atoms with E-state index in [1.165, 1.54) is 0 Å². The maximum atomic E-state index is 13.1. The summed E-state index contributed by atoms with van der Waals surface area (Å²) < 4.78 is 16.6. The summed E-state index contributed by atoms with van der Waals surface area (Å²) in [6, 6.07) is -0.306. The van der Waals surface area contributed by atoms with E-state index in [0.717, 1.165) is 67.1 Å². The molecular weight excluding hydrogens is 530 g/mol. The van der Waals surface area contributed by atoms with E-state index in [-0.39, 0.29) is 24.6 Å². The molecule has 2 amide bonds. The third-order valence-corrected chi connectivity index (χ3v) is 8.54. The van der Waals surface area contributed by atoms with Crippen LogP contribution in [-0.2, 0) is 27.3 Å². The van der Waals surface area contributed by atoms with Crippen molar-refractivity contribution in [2.75, 3.05) is 43.8 Å². The third-order valence-electron chi connectivity index (χ3n) is 7.52. The number of benzene rings is 1. The molecule has 1 unspecified atom stereocenters. The number of hydrogen-bond donors (Lipinski definition) is 2. The minimum atomic E-state index is -0.453. The van der Waals surface area contributed by atoms with Gasteiger partial charge in [-0.3, -0.25) is 9.69 Å². The Bertz CT molecular complexity index is 1080. The van der Waals surface area contributed by atoms with E-state index in [1.54, 1.807) is 7.11 Å². The number of allylic oxidation sites excluding steroid dienone is 2. The van der Waals surface area contributed by atoms with E-state index in [2.05, 4.69) is 22.5 Å². The van der Waals surface area contributed by atoms with Crippen molar-refractivity contribution in [1.82, 2.24) is 10.2 Å². The molecule has 1 aromatic carbocycles. The van der Waals surface area contributed by atoms with Crippen LogP contribution in [0.2, 0.25) is 0 Å². The summed E-state index contributed by atoms with van der Waals surface area (Å²) in [4.78, 5) is 40.4. The van der Waals surface area contributed by atoms with Crippen LogP contribution >= 0.6 is 11.8 Å². The van der Waals surface area contributed by atoms with Crippen LogP contribution in [0.25, 0.3) is 0 Å². The highest BCUT2D eigenvalue weighted by Crippen LogP contribution is 2.41. The number of nitrogens with one attached hydrogen (secondary N) is 2. The van der Waals surface area contributed by atoms with Gasteiger partial charge in [0, 0.05) is 48.3 Å². The second-order valence-electron chi connectivity index (χ2n) is 10.4. The first-order valence-corrected chi connectivity index (χ1v) is 15.5. The molecule has 10 heteroatoms. The minimum Gasteiger partial charge on any atom is -0.496 e. The summed E-state index contributed by atoms with van der Waals surface area (Å²) in [7, 11) is 1.59. The molecule has 0 aromatic heterocycles. The van der Waals surface area contributed by atoms with Crippen LogP contribution in [-0.4, -0.2) is 67.3 Å². The van der Waals surface area contributed by atoms with Crippen molar-refractivity contribution < 1.29 is 28.6 Å². The Labute approximate surface area is 242 Å². The van der Waals surface area contributed by atoms with Crippen LogP contribution in [0.3, 0.4) is 0 Å². The maximum absolute atomic E-state index is 13.1. The Morgan fingerprint density at radius 2 is 2.05 bits per heavy atom. The van der Waals surface area contributed by atoms with E-state index in [0.29, 0.717) is 48.4 Å². The highest BCUT2D eigenvalue weighted by molar-refractivity contribution is 7.99. The number of cyclic esters (lactones) is 1. The second kappa shape index (κ2) is 15.9. The van der Waals surface area contributed by atoms with Gasteiger partial charge in [-0.2, -0.15) is 0 Å². The van der Waals surface area contributed by atoms with Crippen molar-refractivity contribution >= 4 is 35.4 Å². The molecule has 2 aliphatic rings. The zero-order valence-electron chi connectivity index (χ0n) is 24.7. The smallest absolute Gasteiger partial charge is 0.341 e. The van der Waals surface area contributed by atoms with Gasteiger partial charge in [-0.25, -0.2) is 9.59 Å². The predicted octanol–water partition coefficient (Wildman–Crippen LogP) is 5.58. The van der Waals surface area contributed by atoms with Crippen molar-refractivity contribution in [1.29, 1.82) is 0 Å². The Morgan fingerprint density at radius 3 is 2.73 bits per heavy atom. The molecule has 0 bridgehead atoms. The number of carbonyl (C=O) groups is 3. The fourth-order valence-electron chi connectivity index (χ4n) is 5.02. The minimum absolute atomic E-state index is 0.0480. The number of methoxy groups -OCH3 is 1. The molecule has 1 atom stereocenters. The predicted molar refractivity (Wildman–Crippen MR) is 159 cm³/mol. The molecule has 0 spiro atoms. The summed E-state index contributed by atoms with van der Waals surface area (Å²) >= 11 is 1.90. The van der Waals surface area contributed by atoms with Crippen LogP contribution in [0, 0.1) is 6.92 Å². The molecule has 0 aliphatic carbocycles. The number of urea groups is 1. The van der Waals surface area contributed by atoms with Gasteiger partial charge < -0.3 is 24.8 Å². The molecule has 1 fully saturated rings. The van der Waals surface area contributed by atoms with Crippen LogP contribution < -0.4 is 15.4 Å². The molecule has 0 radical (unpaired) electrons. The largest absolute Gasteiger partial charge is 0.496 e. The number of hydrogen-bond acceptors (Lipinski definition) is 8. The molecule has 3 rings (SSSR count). The Hall–Kier alpha value is -2.72. The van der Waals surface area contributed by atoms with E-state index in [9.17, 15) is 14.4 Å². The van der Waals surface area contributed by atoms with Crippen LogP contribution in [0.5, 0.6) is 5.75 Å². The number of carbonyl (C=O) groups excluding carboxylic acids is 3. The number of ether oxygens (including phenoxy) is 3. The molecule has 1 saturated heterocycles. The Balaban J connectivity index is 1.72. The van der Waals surface area contributed by atoms with Gasteiger partial charge in [0.2, 0.25) is 0 Å². The van der Waals surface area contributed by atoms with Gasteiger partial charge >= 0.3 is 18.0 Å². The lowest BCUT2D eigenvalue weighted by molar-refractivity contribution is -0.143. The average molecular weight is 576 g/mol. The summed E-state index contributed by atoms with van der Waals surface area (Å²) in [5.74, 6) is 2.09. The van der Waals surface area contributed by atoms with Crippen molar-refractivity contribution in [2.45, 2.75) is 85.3 Å². The number of nitrogens with zero attached hydrogens (tertiary/aromatic N) is 1. The average Bonchev–Trinajstić information content (AvgIpc) is 3.60. The molecular formula is C30H45N3O6S. The van der Waals surface area contributed by atoms with Gasteiger partial charge in [0.25, 0.3) is 0 Å². The summed E-state index contributed by atoms with van der Waals surface area (Å²) in [5, 5.41) is 6.02. The van der Waals surface area contributed by atoms with Crippen molar-refractivity contribution in [3.8, 4) is 5.75 Å². The topological polar surface area (TPSA) is 106 Å². The van der Waals surface area contributed by atoms with E-state index in [1.807, 2.05) is 38.6 Å². The SMILES string of the molecule is CCCCC(CC)NC(=O)Nc1c(C/C=C(\C)CCC(=O)OCCN2CCSC2)c(OC)c(C)c2c1C(=O)OC2. The first kappa shape index (κ1) is 31.8. The number of thioether (sulfide) groups is 1. The number of unbranched alkanes of at least 4 members (excludes halogenated alkanes) is 1. The van der Waals surface area contributed by atoms with Crippen LogP contribution in [0.1, 0.15) is 86.3 Å². The molecule has 222 valence electrons. The number of anilines is 1. The quantitative estimate of drug-likeness (QED) is 0.206. The zero-order chi connectivity index (χ0) is 29.1. The summed E-state index contributed by atoms with van der Waals surface area (Å²) in [5.41, 5.74) is 4.08. The molecule has 2 heterocycles. The monoisotopic (exact) mass is 575 g/mol. The van der Waals surface area contributed by atoms with Gasteiger partial charge in [0.1, 0.15) is 19.0 Å². The normalized spacial score (nSPS) is 15.9.